The van der Waals surface area contributed by atoms with Crippen molar-refractivity contribution in [2.45, 2.75) is 38.1 Å². The van der Waals surface area contributed by atoms with E-state index in [1.807, 2.05) is 0 Å². The largest absolute Gasteiger partial charge is 0.312 e. The van der Waals surface area contributed by atoms with Crippen LogP contribution in [-0.4, -0.2) is 16.5 Å². The molecule has 4 heteroatoms. The van der Waals surface area contributed by atoms with Crippen molar-refractivity contribution >= 4 is 11.3 Å². The Morgan fingerprint density at radius 2 is 2.21 bits per heavy atom. The summed E-state index contributed by atoms with van der Waals surface area (Å²) in [7, 11) is 0. The lowest BCUT2D eigenvalue weighted by molar-refractivity contribution is 0.404. The number of nitrogens with one attached hydrogen (secondary N) is 1. The predicted molar refractivity (Wildman–Crippen MR) is 77.3 cm³/mol. The summed E-state index contributed by atoms with van der Waals surface area (Å²) < 4.78 is 0. The molecule has 0 amide bonds. The highest BCUT2D eigenvalue weighted by Crippen LogP contribution is 2.39. The number of hydrogen-bond acceptors (Lipinski definition) is 4. The smallest absolute Gasteiger partial charge is 0.160 e. The minimum absolute atomic E-state index is 0.675. The molecule has 19 heavy (non-hydrogen) atoms. The fourth-order valence-electron chi connectivity index (χ4n) is 2.91. The second-order valence-electron chi connectivity index (χ2n) is 5.42. The highest BCUT2D eigenvalue weighted by molar-refractivity contribution is 7.08. The van der Waals surface area contributed by atoms with Gasteiger partial charge in [-0.15, -0.1) is 0 Å². The molecule has 1 N–H and O–H groups in total. The van der Waals surface area contributed by atoms with E-state index < -0.39 is 0 Å². The van der Waals surface area contributed by atoms with Crippen molar-refractivity contribution < 1.29 is 0 Å². The molecule has 98 valence electrons. The molecule has 0 atom stereocenters. The summed E-state index contributed by atoms with van der Waals surface area (Å²) >= 11 is 1.71. The van der Waals surface area contributed by atoms with Gasteiger partial charge in [0.1, 0.15) is 0 Å². The Hall–Kier alpha value is -1.26. The Morgan fingerprint density at radius 3 is 2.95 bits per heavy atom. The van der Waals surface area contributed by atoms with E-state index >= 15 is 0 Å². The van der Waals surface area contributed by atoms with Crippen molar-refractivity contribution in [3.8, 4) is 11.4 Å². The minimum Gasteiger partial charge on any atom is -0.312 e. The molecule has 3 heterocycles. The molecule has 1 fully saturated rings. The molecule has 0 saturated heterocycles. The number of thiophene rings is 1. The van der Waals surface area contributed by atoms with Crippen molar-refractivity contribution in [3.05, 3.63) is 33.8 Å². The van der Waals surface area contributed by atoms with Gasteiger partial charge in [-0.25, -0.2) is 9.97 Å². The first-order valence-electron chi connectivity index (χ1n) is 7.05. The molecule has 2 aromatic heterocycles. The lowest BCUT2D eigenvalue weighted by atomic mass is 9.80. The molecule has 0 aromatic carbocycles. The van der Waals surface area contributed by atoms with E-state index in [4.69, 9.17) is 9.97 Å². The van der Waals surface area contributed by atoms with E-state index in [1.165, 1.54) is 41.8 Å². The maximum atomic E-state index is 4.91. The average molecular weight is 271 g/mol. The van der Waals surface area contributed by atoms with Crippen LogP contribution in [0, 0.1) is 0 Å². The summed E-state index contributed by atoms with van der Waals surface area (Å²) in [5, 5.41) is 7.71. The topological polar surface area (TPSA) is 37.8 Å². The van der Waals surface area contributed by atoms with Gasteiger partial charge >= 0.3 is 0 Å². The van der Waals surface area contributed by atoms with Gasteiger partial charge in [-0.1, -0.05) is 6.42 Å². The Balaban J connectivity index is 1.85. The Kier molecular flexibility index (Phi) is 2.85. The normalized spacial score (nSPS) is 18.9. The molecule has 1 aliphatic carbocycles. The van der Waals surface area contributed by atoms with Crippen LogP contribution in [0.3, 0.4) is 0 Å². The molecule has 0 unspecified atom stereocenters. The minimum atomic E-state index is 0.675. The number of aromatic nitrogens is 2. The molecular weight excluding hydrogens is 254 g/mol. The van der Waals surface area contributed by atoms with Crippen LogP contribution in [0.5, 0.6) is 0 Å². The summed E-state index contributed by atoms with van der Waals surface area (Å²) in [5.41, 5.74) is 5.16. The predicted octanol–water partition coefficient (Wildman–Crippen LogP) is 3.12. The third-order valence-electron chi connectivity index (χ3n) is 4.24. The van der Waals surface area contributed by atoms with Gasteiger partial charge in [-0.05, 0) is 24.3 Å². The summed E-state index contributed by atoms with van der Waals surface area (Å²) in [5.74, 6) is 1.61. The average Bonchev–Trinajstić information content (AvgIpc) is 2.90. The van der Waals surface area contributed by atoms with Crippen molar-refractivity contribution in [1.29, 1.82) is 0 Å². The van der Waals surface area contributed by atoms with Gasteiger partial charge in [0, 0.05) is 41.9 Å². The van der Waals surface area contributed by atoms with Crippen LogP contribution in [0.1, 0.15) is 42.1 Å². The van der Waals surface area contributed by atoms with Crippen LogP contribution in [-0.2, 0) is 13.0 Å². The fourth-order valence-corrected chi connectivity index (χ4v) is 3.54. The van der Waals surface area contributed by atoms with Crippen molar-refractivity contribution in [3.63, 3.8) is 0 Å². The zero-order valence-electron chi connectivity index (χ0n) is 10.9. The van der Waals surface area contributed by atoms with Crippen molar-refractivity contribution in [2.24, 2.45) is 0 Å². The van der Waals surface area contributed by atoms with E-state index in [-0.39, 0.29) is 0 Å². The lowest BCUT2D eigenvalue weighted by Gasteiger charge is -2.29. The van der Waals surface area contributed by atoms with Crippen LogP contribution in [0.4, 0.5) is 0 Å². The van der Waals surface area contributed by atoms with Gasteiger partial charge in [0.2, 0.25) is 0 Å². The van der Waals surface area contributed by atoms with Crippen molar-refractivity contribution in [1.82, 2.24) is 15.3 Å². The summed E-state index contributed by atoms with van der Waals surface area (Å²) in [4.78, 5) is 9.72. The monoisotopic (exact) mass is 271 g/mol. The first-order chi connectivity index (χ1) is 9.42. The highest BCUT2D eigenvalue weighted by atomic mass is 32.1. The second-order valence-corrected chi connectivity index (χ2v) is 6.20. The van der Waals surface area contributed by atoms with Gasteiger partial charge < -0.3 is 5.32 Å². The Bertz CT molecular complexity index is 588. The molecule has 1 aliphatic heterocycles. The summed E-state index contributed by atoms with van der Waals surface area (Å²) in [6.07, 6.45) is 4.98. The molecule has 0 spiro atoms. The molecule has 0 bridgehead atoms. The first-order valence-corrected chi connectivity index (χ1v) is 7.99. The van der Waals surface area contributed by atoms with Crippen LogP contribution in [0.15, 0.2) is 16.8 Å². The van der Waals surface area contributed by atoms with E-state index in [0.717, 1.165) is 25.3 Å². The van der Waals surface area contributed by atoms with Gasteiger partial charge in [0.15, 0.2) is 5.82 Å². The quantitative estimate of drug-likeness (QED) is 0.912. The molecule has 0 radical (unpaired) electrons. The molecule has 2 aromatic rings. The highest BCUT2D eigenvalue weighted by Gasteiger charge is 2.27. The number of fused-ring (bicyclic) bond motifs is 1. The molecule has 3 nitrogen and oxygen atoms in total. The third-order valence-corrected chi connectivity index (χ3v) is 4.92. The van der Waals surface area contributed by atoms with E-state index in [1.54, 1.807) is 11.3 Å². The van der Waals surface area contributed by atoms with Gasteiger partial charge in [0.05, 0.1) is 11.4 Å². The molecule has 4 rings (SSSR count). The van der Waals surface area contributed by atoms with Gasteiger partial charge in [-0.2, -0.15) is 11.3 Å². The zero-order valence-corrected chi connectivity index (χ0v) is 11.7. The van der Waals surface area contributed by atoms with E-state index in [9.17, 15) is 0 Å². The third kappa shape index (κ3) is 1.99. The second kappa shape index (κ2) is 4.69. The Morgan fingerprint density at radius 1 is 1.26 bits per heavy atom. The van der Waals surface area contributed by atoms with Crippen LogP contribution in [0.2, 0.25) is 0 Å². The summed E-state index contributed by atoms with van der Waals surface area (Å²) in [6.45, 7) is 1.99. The van der Waals surface area contributed by atoms with E-state index in [2.05, 4.69) is 22.1 Å². The zero-order chi connectivity index (χ0) is 12.7. The van der Waals surface area contributed by atoms with Crippen LogP contribution in [0.25, 0.3) is 11.4 Å². The standard InChI is InChI=1S/C15H17N3S/c1-2-10(3-1)14-12-8-16-6-4-13(12)17-15(18-14)11-5-7-19-9-11/h5,7,9-10,16H,1-4,6,8H2. The molecular formula is C15H17N3S. The van der Waals surface area contributed by atoms with Crippen LogP contribution >= 0.6 is 11.3 Å². The first kappa shape index (κ1) is 11.6. The number of nitrogens with zero attached hydrogens (tertiary/aromatic N) is 2. The fraction of sp³-hybridized carbons (Fsp3) is 0.467. The molecule has 2 aliphatic rings. The lowest BCUT2D eigenvalue weighted by Crippen LogP contribution is -2.28. The van der Waals surface area contributed by atoms with Crippen molar-refractivity contribution in [2.75, 3.05) is 6.54 Å². The van der Waals surface area contributed by atoms with Gasteiger partial charge in [0.25, 0.3) is 0 Å². The van der Waals surface area contributed by atoms with Gasteiger partial charge in [-0.3, -0.25) is 0 Å². The Labute approximate surface area is 117 Å². The maximum Gasteiger partial charge on any atom is 0.160 e. The van der Waals surface area contributed by atoms with E-state index in [0.29, 0.717) is 5.92 Å². The van der Waals surface area contributed by atoms with Crippen LogP contribution < -0.4 is 5.32 Å². The molecule has 1 saturated carbocycles. The number of hydrogen-bond donors (Lipinski definition) is 1. The maximum absolute atomic E-state index is 4.91. The SMILES string of the molecule is c1cc(-c2nc3c(c(C4CCC4)n2)CNCC3)cs1. The number of rotatable bonds is 2. The summed E-state index contributed by atoms with van der Waals surface area (Å²) in [6, 6.07) is 2.12.